The molecule has 0 unspecified atom stereocenters. The molecule has 0 atom stereocenters. The smallest absolute Gasteiger partial charge is 0.172 e. The molecule has 1 aromatic carbocycles. The van der Waals surface area contributed by atoms with Gasteiger partial charge in [-0.25, -0.2) is 9.97 Å². The number of benzene rings is 1. The molecule has 0 radical (unpaired) electrons. The van der Waals surface area contributed by atoms with E-state index in [9.17, 15) is 0 Å². The zero-order valence-corrected chi connectivity index (χ0v) is 11.8. The maximum Gasteiger partial charge on any atom is 0.172 e. The van der Waals surface area contributed by atoms with Crippen LogP contribution in [0.4, 0.5) is 11.5 Å². The minimum atomic E-state index is 0.400. The van der Waals surface area contributed by atoms with Gasteiger partial charge in [-0.05, 0) is 51.0 Å². The van der Waals surface area contributed by atoms with Gasteiger partial charge in [-0.3, -0.25) is 0 Å². The molecule has 0 spiro atoms. The molecule has 4 heteroatoms. The molecule has 2 rings (SSSR count). The van der Waals surface area contributed by atoms with Crippen LogP contribution in [0.3, 0.4) is 0 Å². The lowest BCUT2D eigenvalue weighted by atomic mass is 10.1. The van der Waals surface area contributed by atoms with Crippen molar-refractivity contribution in [2.75, 3.05) is 5.32 Å². The molecule has 2 aromatic rings. The van der Waals surface area contributed by atoms with Crippen molar-refractivity contribution in [1.29, 1.82) is 0 Å². The number of nitrogens with one attached hydrogen (secondary N) is 1. The highest BCUT2D eigenvalue weighted by molar-refractivity contribution is 6.31. The second-order valence-corrected chi connectivity index (χ2v) is 4.89. The zero-order chi connectivity index (χ0) is 13.3. The summed E-state index contributed by atoms with van der Waals surface area (Å²) in [7, 11) is 0. The van der Waals surface area contributed by atoms with Gasteiger partial charge in [0.15, 0.2) is 11.0 Å². The third-order valence-corrected chi connectivity index (χ3v) is 3.01. The number of hydrogen-bond donors (Lipinski definition) is 1. The van der Waals surface area contributed by atoms with Gasteiger partial charge >= 0.3 is 0 Å². The van der Waals surface area contributed by atoms with Crippen LogP contribution in [0.5, 0.6) is 0 Å². The molecule has 0 aliphatic carbocycles. The van der Waals surface area contributed by atoms with Crippen molar-refractivity contribution in [2.24, 2.45) is 0 Å². The lowest BCUT2D eigenvalue weighted by molar-refractivity contribution is 1.05. The second-order valence-electron chi connectivity index (χ2n) is 4.54. The summed E-state index contributed by atoms with van der Waals surface area (Å²) in [6, 6.07) is 6.24. The Morgan fingerprint density at radius 3 is 2.06 bits per heavy atom. The van der Waals surface area contributed by atoms with Crippen LogP contribution in [0, 0.1) is 27.7 Å². The van der Waals surface area contributed by atoms with E-state index in [1.54, 1.807) is 0 Å². The summed E-state index contributed by atoms with van der Waals surface area (Å²) in [6.45, 7) is 7.94. The number of aromatic nitrogens is 2. The van der Waals surface area contributed by atoms with E-state index >= 15 is 0 Å². The van der Waals surface area contributed by atoms with Gasteiger partial charge < -0.3 is 5.32 Å². The van der Waals surface area contributed by atoms with Crippen LogP contribution >= 0.6 is 11.6 Å². The number of anilines is 2. The number of halogens is 1. The van der Waals surface area contributed by atoms with E-state index in [1.165, 1.54) is 11.1 Å². The lowest BCUT2D eigenvalue weighted by Gasteiger charge is -2.10. The van der Waals surface area contributed by atoms with E-state index in [-0.39, 0.29) is 0 Å². The van der Waals surface area contributed by atoms with E-state index in [1.807, 2.05) is 13.8 Å². The third-order valence-electron chi connectivity index (χ3n) is 2.75. The molecule has 1 heterocycles. The van der Waals surface area contributed by atoms with E-state index in [0.717, 1.165) is 17.1 Å². The van der Waals surface area contributed by atoms with E-state index in [0.29, 0.717) is 11.0 Å². The van der Waals surface area contributed by atoms with E-state index in [2.05, 4.69) is 47.3 Å². The highest BCUT2D eigenvalue weighted by atomic mass is 35.5. The Hall–Kier alpha value is -1.61. The van der Waals surface area contributed by atoms with Crippen LogP contribution in [0.1, 0.15) is 22.5 Å². The molecule has 0 amide bonds. The van der Waals surface area contributed by atoms with Crippen molar-refractivity contribution in [3.05, 3.63) is 45.9 Å². The first-order valence-electron chi connectivity index (χ1n) is 5.82. The topological polar surface area (TPSA) is 37.8 Å². The van der Waals surface area contributed by atoms with Gasteiger partial charge in [-0.1, -0.05) is 17.7 Å². The summed E-state index contributed by atoms with van der Waals surface area (Å²) in [6.07, 6.45) is 0. The predicted molar refractivity (Wildman–Crippen MR) is 75.7 cm³/mol. The summed E-state index contributed by atoms with van der Waals surface area (Å²) in [5.74, 6) is 0.602. The largest absolute Gasteiger partial charge is 0.338 e. The molecule has 0 saturated heterocycles. The zero-order valence-electron chi connectivity index (χ0n) is 11.0. The SMILES string of the molecule is Cc1cc(C)cc(Nc2nc(C)c(C)nc2Cl)c1. The molecule has 0 saturated carbocycles. The fourth-order valence-electron chi connectivity index (χ4n) is 1.84. The molecule has 0 fully saturated rings. The average Bonchev–Trinajstić information content (AvgIpc) is 2.24. The van der Waals surface area contributed by atoms with Gasteiger partial charge in [0.1, 0.15) is 0 Å². The molecule has 0 bridgehead atoms. The van der Waals surface area contributed by atoms with Crippen molar-refractivity contribution >= 4 is 23.1 Å². The number of hydrogen-bond acceptors (Lipinski definition) is 3. The summed E-state index contributed by atoms with van der Waals surface area (Å²) < 4.78 is 0. The van der Waals surface area contributed by atoms with Gasteiger partial charge in [-0.15, -0.1) is 0 Å². The fraction of sp³-hybridized carbons (Fsp3) is 0.286. The lowest BCUT2D eigenvalue weighted by Crippen LogP contribution is -2.01. The predicted octanol–water partition coefficient (Wildman–Crippen LogP) is 4.11. The Balaban J connectivity index is 2.36. The van der Waals surface area contributed by atoms with Gasteiger partial charge in [0.25, 0.3) is 0 Å². The highest BCUT2D eigenvalue weighted by Gasteiger charge is 2.07. The Morgan fingerprint density at radius 2 is 1.44 bits per heavy atom. The second kappa shape index (κ2) is 4.94. The highest BCUT2D eigenvalue weighted by Crippen LogP contribution is 2.24. The maximum atomic E-state index is 6.09. The van der Waals surface area contributed by atoms with Gasteiger partial charge in [0, 0.05) is 5.69 Å². The number of rotatable bonds is 2. The van der Waals surface area contributed by atoms with Crippen molar-refractivity contribution < 1.29 is 0 Å². The van der Waals surface area contributed by atoms with Crippen LogP contribution in [-0.4, -0.2) is 9.97 Å². The van der Waals surface area contributed by atoms with Crippen LogP contribution in [0.2, 0.25) is 5.15 Å². The fourth-order valence-corrected chi connectivity index (χ4v) is 2.06. The Morgan fingerprint density at radius 1 is 0.889 bits per heavy atom. The number of aryl methyl sites for hydroxylation is 4. The Labute approximate surface area is 112 Å². The summed E-state index contributed by atoms with van der Waals surface area (Å²) in [4.78, 5) is 8.68. The normalized spacial score (nSPS) is 10.5. The quantitative estimate of drug-likeness (QED) is 0.884. The molecule has 94 valence electrons. The van der Waals surface area contributed by atoms with Crippen LogP contribution in [0.25, 0.3) is 0 Å². The summed E-state index contributed by atoms with van der Waals surface area (Å²) in [5, 5.41) is 3.62. The Bertz CT molecular complexity index is 574. The molecule has 3 nitrogen and oxygen atoms in total. The van der Waals surface area contributed by atoms with Crippen LogP contribution < -0.4 is 5.32 Å². The maximum absolute atomic E-state index is 6.09. The first kappa shape index (κ1) is 12.8. The molecule has 0 aliphatic rings. The third kappa shape index (κ3) is 2.79. The first-order chi connectivity index (χ1) is 8.45. The van der Waals surface area contributed by atoms with Gasteiger partial charge in [0.05, 0.1) is 11.4 Å². The summed E-state index contributed by atoms with van der Waals surface area (Å²) >= 11 is 6.09. The minimum Gasteiger partial charge on any atom is -0.338 e. The van der Waals surface area contributed by atoms with Gasteiger partial charge in [-0.2, -0.15) is 0 Å². The van der Waals surface area contributed by atoms with Crippen molar-refractivity contribution in [3.63, 3.8) is 0 Å². The standard InChI is InChI=1S/C14H16ClN3/c1-8-5-9(2)7-12(6-8)18-14-13(15)16-10(3)11(4)17-14/h5-7H,1-4H3,(H,17,18). The van der Waals surface area contributed by atoms with Gasteiger partial charge in [0.2, 0.25) is 0 Å². The van der Waals surface area contributed by atoms with Crippen molar-refractivity contribution in [1.82, 2.24) is 9.97 Å². The molecule has 0 aliphatic heterocycles. The molecule has 1 aromatic heterocycles. The van der Waals surface area contributed by atoms with Crippen molar-refractivity contribution in [2.45, 2.75) is 27.7 Å². The molecule has 18 heavy (non-hydrogen) atoms. The van der Waals surface area contributed by atoms with E-state index in [4.69, 9.17) is 11.6 Å². The molecular formula is C14H16ClN3. The van der Waals surface area contributed by atoms with Crippen LogP contribution in [0.15, 0.2) is 18.2 Å². The molecule has 1 N–H and O–H groups in total. The minimum absolute atomic E-state index is 0.400. The Kier molecular flexibility index (Phi) is 3.53. The van der Waals surface area contributed by atoms with Crippen LogP contribution in [-0.2, 0) is 0 Å². The monoisotopic (exact) mass is 261 g/mol. The first-order valence-corrected chi connectivity index (χ1v) is 6.19. The van der Waals surface area contributed by atoms with E-state index < -0.39 is 0 Å². The van der Waals surface area contributed by atoms with Crippen molar-refractivity contribution in [3.8, 4) is 0 Å². The molecular weight excluding hydrogens is 246 g/mol. The summed E-state index contributed by atoms with van der Waals surface area (Å²) in [5.41, 5.74) is 5.11. The average molecular weight is 262 g/mol. The number of nitrogens with zero attached hydrogens (tertiary/aromatic N) is 2.